The van der Waals surface area contributed by atoms with Crippen LogP contribution in [0.15, 0.2) is 42.5 Å². The van der Waals surface area contributed by atoms with E-state index in [1.165, 1.54) is 0 Å². The number of carbonyl (C=O) groups excluding carboxylic acids is 1. The molecule has 7 nitrogen and oxygen atoms in total. The Morgan fingerprint density at radius 1 is 1.19 bits per heavy atom. The number of aromatic nitrogens is 3. The van der Waals surface area contributed by atoms with Gasteiger partial charge in [-0.05, 0) is 36.2 Å². The zero-order valence-electron chi connectivity index (χ0n) is 15.6. The first-order valence-electron chi connectivity index (χ1n) is 9.06. The van der Waals surface area contributed by atoms with Crippen LogP contribution in [0.1, 0.15) is 25.3 Å². The molecule has 7 heteroatoms. The number of amides is 1. The fraction of sp³-hybridized carbons (Fsp3) is 0.350. The van der Waals surface area contributed by atoms with Gasteiger partial charge in [-0.3, -0.25) is 4.79 Å². The summed E-state index contributed by atoms with van der Waals surface area (Å²) in [5, 5.41) is 11.0. The van der Waals surface area contributed by atoms with Crippen LogP contribution in [-0.4, -0.2) is 34.6 Å². The molecule has 0 radical (unpaired) electrons. The van der Waals surface area contributed by atoms with Crippen molar-refractivity contribution in [3.63, 3.8) is 0 Å². The molecule has 27 heavy (non-hydrogen) atoms. The summed E-state index contributed by atoms with van der Waals surface area (Å²) in [5.41, 5.74) is 2.54. The van der Waals surface area contributed by atoms with Crippen molar-refractivity contribution < 1.29 is 14.3 Å². The normalized spacial score (nSPS) is 10.7. The van der Waals surface area contributed by atoms with E-state index >= 15 is 0 Å². The minimum absolute atomic E-state index is 0.121. The molecule has 3 aromatic rings. The smallest absolute Gasteiger partial charge is 0.242 e. The maximum atomic E-state index is 12.3. The lowest BCUT2D eigenvalue weighted by Gasteiger charge is -2.12. The van der Waals surface area contributed by atoms with Gasteiger partial charge in [0.05, 0.1) is 19.2 Å². The molecule has 0 bridgehead atoms. The Morgan fingerprint density at radius 2 is 2.04 bits per heavy atom. The highest BCUT2D eigenvalue weighted by molar-refractivity contribution is 5.79. The van der Waals surface area contributed by atoms with Crippen LogP contribution in [0.2, 0.25) is 0 Å². The van der Waals surface area contributed by atoms with E-state index in [2.05, 4.69) is 22.6 Å². The molecule has 0 aliphatic carbocycles. The first-order chi connectivity index (χ1) is 13.2. The van der Waals surface area contributed by atoms with E-state index in [1.54, 1.807) is 11.8 Å². The Kier molecular flexibility index (Phi) is 6.25. The number of carbonyl (C=O) groups is 1. The third-order valence-electron chi connectivity index (χ3n) is 4.19. The van der Waals surface area contributed by atoms with Crippen LogP contribution in [0, 0.1) is 0 Å². The van der Waals surface area contributed by atoms with Gasteiger partial charge in [-0.1, -0.05) is 36.8 Å². The number of unbranched alkanes of at least 4 members (excludes halogenated alkanes) is 1. The number of rotatable bonds is 9. The number of nitrogens with zero attached hydrogens (tertiary/aromatic N) is 3. The van der Waals surface area contributed by atoms with Crippen molar-refractivity contribution in [1.29, 1.82) is 0 Å². The number of para-hydroxylation sites is 1. The van der Waals surface area contributed by atoms with E-state index in [1.807, 2.05) is 42.5 Å². The van der Waals surface area contributed by atoms with Gasteiger partial charge in [-0.25, -0.2) is 4.68 Å². The average molecular weight is 368 g/mol. The monoisotopic (exact) mass is 368 g/mol. The fourth-order valence-corrected chi connectivity index (χ4v) is 2.69. The van der Waals surface area contributed by atoms with E-state index < -0.39 is 0 Å². The number of hydrogen-bond donors (Lipinski definition) is 1. The summed E-state index contributed by atoms with van der Waals surface area (Å²) in [6.45, 7) is 3.30. The molecule has 0 saturated heterocycles. The predicted molar refractivity (Wildman–Crippen MR) is 103 cm³/mol. The van der Waals surface area contributed by atoms with E-state index in [0.29, 0.717) is 18.9 Å². The Balaban J connectivity index is 1.58. The van der Waals surface area contributed by atoms with Gasteiger partial charge in [0.15, 0.2) is 11.5 Å². The largest absolute Gasteiger partial charge is 0.493 e. The minimum Gasteiger partial charge on any atom is -0.493 e. The van der Waals surface area contributed by atoms with E-state index in [-0.39, 0.29) is 12.5 Å². The summed E-state index contributed by atoms with van der Waals surface area (Å²) in [6.07, 6.45) is 2.07. The fourth-order valence-electron chi connectivity index (χ4n) is 2.69. The quantitative estimate of drug-likeness (QED) is 0.588. The van der Waals surface area contributed by atoms with E-state index in [0.717, 1.165) is 35.2 Å². The first-order valence-corrected chi connectivity index (χ1v) is 9.06. The van der Waals surface area contributed by atoms with Gasteiger partial charge in [0, 0.05) is 6.54 Å². The molecule has 1 heterocycles. The van der Waals surface area contributed by atoms with Gasteiger partial charge in [-0.2, -0.15) is 0 Å². The van der Waals surface area contributed by atoms with Crippen molar-refractivity contribution in [1.82, 2.24) is 20.3 Å². The highest BCUT2D eigenvalue weighted by atomic mass is 16.5. The third kappa shape index (κ3) is 4.75. The number of fused-ring (bicyclic) bond motifs is 1. The molecule has 0 unspecified atom stereocenters. The van der Waals surface area contributed by atoms with Crippen LogP contribution in [0.5, 0.6) is 11.5 Å². The van der Waals surface area contributed by atoms with Crippen molar-refractivity contribution in [2.75, 3.05) is 13.7 Å². The Hall–Kier alpha value is -3.09. The number of hydrogen-bond acceptors (Lipinski definition) is 5. The Bertz CT molecular complexity index is 907. The maximum Gasteiger partial charge on any atom is 0.242 e. The maximum absolute atomic E-state index is 12.3. The summed E-state index contributed by atoms with van der Waals surface area (Å²) in [6, 6.07) is 13.2. The second-order valence-corrected chi connectivity index (χ2v) is 6.20. The molecule has 0 spiro atoms. The molecule has 0 aliphatic heterocycles. The van der Waals surface area contributed by atoms with Gasteiger partial charge in [0.2, 0.25) is 5.91 Å². The highest BCUT2D eigenvalue weighted by Crippen LogP contribution is 2.28. The zero-order valence-corrected chi connectivity index (χ0v) is 15.6. The molecular weight excluding hydrogens is 344 g/mol. The van der Waals surface area contributed by atoms with Crippen molar-refractivity contribution >= 4 is 16.9 Å². The van der Waals surface area contributed by atoms with Crippen LogP contribution < -0.4 is 14.8 Å². The lowest BCUT2D eigenvalue weighted by molar-refractivity contribution is -0.121. The Morgan fingerprint density at radius 3 is 2.85 bits per heavy atom. The topological polar surface area (TPSA) is 78.3 Å². The van der Waals surface area contributed by atoms with Crippen LogP contribution in [0.25, 0.3) is 11.0 Å². The molecule has 1 N–H and O–H groups in total. The molecule has 3 rings (SSSR count). The van der Waals surface area contributed by atoms with Crippen molar-refractivity contribution in [2.24, 2.45) is 0 Å². The van der Waals surface area contributed by atoms with Crippen molar-refractivity contribution in [2.45, 2.75) is 32.9 Å². The van der Waals surface area contributed by atoms with E-state index in [9.17, 15) is 4.79 Å². The summed E-state index contributed by atoms with van der Waals surface area (Å²) in [7, 11) is 1.61. The number of ether oxygens (including phenoxy) is 2. The van der Waals surface area contributed by atoms with Crippen molar-refractivity contribution in [3.05, 3.63) is 48.0 Å². The molecule has 0 fully saturated rings. The molecule has 0 atom stereocenters. The lowest BCUT2D eigenvalue weighted by Crippen LogP contribution is -2.27. The van der Waals surface area contributed by atoms with Gasteiger partial charge >= 0.3 is 0 Å². The number of benzene rings is 2. The highest BCUT2D eigenvalue weighted by Gasteiger charge is 2.10. The molecule has 1 aromatic heterocycles. The number of methoxy groups -OCH3 is 1. The third-order valence-corrected chi connectivity index (χ3v) is 4.19. The summed E-state index contributed by atoms with van der Waals surface area (Å²) in [4.78, 5) is 12.3. The summed E-state index contributed by atoms with van der Waals surface area (Å²) < 4.78 is 12.7. The molecule has 142 valence electrons. The minimum atomic E-state index is -0.132. The molecule has 0 saturated carbocycles. The van der Waals surface area contributed by atoms with Crippen LogP contribution in [0.4, 0.5) is 0 Å². The average Bonchev–Trinajstić information content (AvgIpc) is 3.10. The Labute approximate surface area is 158 Å². The molecule has 2 aromatic carbocycles. The molecule has 0 aliphatic rings. The predicted octanol–water partition coefficient (Wildman–Crippen LogP) is 2.94. The zero-order chi connectivity index (χ0) is 19.1. The summed E-state index contributed by atoms with van der Waals surface area (Å²) in [5.74, 6) is 1.25. The standard InChI is InChI=1S/C20H24N4O3/c1-3-4-11-27-18-10-9-15(12-19(18)26-2)13-21-20(25)14-24-17-8-6-5-7-16(17)22-23-24/h5-10,12H,3-4,11,13-14H2,1-2H3,(H,21,25). The van der Waals surface area contributed by atoms with E-state index in [4.69, 9.17) is 9.47 Å². The van der Waals surface area contributed by atoms with Crippen LogP contribution in [-0.2, 0) is 17.9 Å². The molecule has 1 amide bonds. The molecular formula is C20H24N4O3. The second kappa shape index (κ2) is 9.02. The van der Waals surface area contributed by atoms with Gasteiger partial charge in [0.1, 0.15) is 12.1 Å². The van der Waals surface area contributed by atoms with Crippen molar-refractivity contribution in [3.8, 4) is 11.5 Å². The lowest BCUT2D eigenvalue weighted by atomic mass is 10.2. The van der Waals surface area contributed by atoms with Gasteiger partial charge in [-0.15, -0.1) is 5.10 Å². The van der Waals surface area contributed by atoms with Gasteiger partial charge < -0.3 is 14.8 Å². The number of nitrogens with one attached hydrogen (secondary N) is 1. The SMILES string of the molecule is CCCCOc1ccc(CNC(=O)Cn2nnc3ccccc32)cc1OC. The first kappa shape index (κ1) is 18.7. The van der Waals surface area contributed by atoms with Gasteiger partial charge in [0.25, 0.3) is 0 Å². The van der Waals surface area contributed by atoms with Crippen LogP contribution >= 0.6 is 0 Å². The van der Waals surface area contributed by atoms with Crippen LogP contribution in [0.3, 0.4) is 0 Å². The second-order valence-electron chi connectivity index (χ2n) is 6.20. The summed E-state index contributed by atoms with van der Waals surface area (Å²) >= 11 is 0.